The van der Waals surface area contributed by atoms with Crippen LogP contribution in [-0.4, -0.2) is 11.3 Å². The number of pyridine rings is 1. The summed E-state index contributed by atoms with van der Waals surface area (Å²) in [7, 11) is 0. The number of rotatable bonds is 2. The van der Waals surface area contributed by atoms with Crippen molar-refractivity contribution >= 4 is 5.69 Å². The highest BCUT2D eigenvalue weighted by molar-refractivity contribution is 5.70. The number of hydrogen-bond acceptors (Lipinski definition) is 3. The van der Waals surface area contributed by atoms with Crippen LogP contribution in [0.5, 0.6) is 5.75 Å². The van der Waals surface area contributed by atoms with E-state index in [0.717, 1.165) is 5.56 Å². The van der Waals surface area contributed by atoms with E-state index in [2.05, 4.69) is 9.72 Å². The normalized spacial score (nSPS) is 11.3. The van der Waals surface area contributed by atoms with Gasteiger partial charge in [0.25, 0.3) is 0 Å². The van der Waals surface area contributed by atoms with E-state index < -0.39 is 12.1 Å². The summed E-state index contributed by atoms with van der Waals surface area (Å²) in [5.74, 6) is -0.407. The van der Waals surface area contributed by atoms with Crippen LogP contribution in [0.2, 0.25) is 0 Å². The fraction of sp³-hybridized carbons (Fsp3) is 0.0833. The minimum absolute atomic E-state index is 0.0753. The van der Waals surface area contributed by atoms with E-state index in [0.29, 0.717) is 5.56 Å². The summed E-state index contributed by atoms with van der Waals surface area (Å²) < 4.78 is 40.0. The maximum atomic E-state index is 12.1. The zero-order valence-electron chi connectivity index (χ0n) is 9.11. The first-order valence-electron chi connectivity index (χ1n) is 5.01. The van der Waals surface area contributed by atoms with Crippen LogP contribution in [-0.2, 0) is 0 Å². The SMILES string of the molecule is Nc1cc(-c2cccnc2)ccc1OC(F)(F)F. The molecule has 0 radical (unpaired) electrons. The Balaban J connectivity index is 2.31. The first-order chi connectivity index (χ1) is 8.46. The van der Waals surface area contributed by atoms with Crippen LogP contribution in [0, 0.1) is 0 Å². The molecular formula is C12H9F3N2O. The Hall–Kier alpha value is -2.24. The van der Waals surface area contributed by atoms with Crippen LogP contribution in [0.4, 0.5) is 18.9 Å². The molecule has 2 rings (SSSR count). The van der Waals surface area contributed by atoms with Crippen molar-refractivity contribution in [2.45, 2.75) is 6.36 Å². The number of ether oxygens (including phenoxy) is 1. The lowest BCUT2D eigenvalue weighted by molar-refractivity contribution is -0.274. The Kier molecular flexibility index (Phi) is 3.10. The first-order valence-corrected chi connectivity index (χ1v) is 5.01. The quantitative estimate of drug-likeness (QED) is 0.837. The number of anilines is 1. The summed E-state index contributed by atoms with van der Waals surface area (Å²) in [6.45, 7) is 0. The summed E-state index contributed by atoms with van der Waals surface area (Å²) in [5, 5.41) is 0. The molecule has 1 heterocycles. The molecule has 0 aliphatic rings. The third-order valence-corrected chi connectivity index (χ3v) is 2.23. The molecular weight excluding hydrogens is 245 g/mol. The maximum absolute atomic E-state index is 12.1. The summed E-state index contributed by atoms with van der Waals surface area (Å²) >= 11 is 0. The lowest BCUT2D eigenvalue weighted by Gasteiger charge is -2.12. The molecule has 0 spiro atoms. The van der Waals surface area contributed by atoms with E-state index >= 15 is 0 Å². The van der Waals surface area contributed by atoms with Gasteiger partial charge in [0.05, 0.1) is 5.69 Å². The van der Waals surface area contributed by atoms with E-state index in [1.807, 2.05) is 0 Å². The van der Waals surface area contributed by atoms with Gasteiger partial charge in [-0.15, -0.1) is 13.2 Å². The minimum atomic E-state index is -4.75. The highest BCUT2D eigenvalue weighted by Gasteiger charge is 2.31. The smallest absolute Gasteiger partial charge is 0.404 e. The van der Waals surface area contributed by atoms with Crippen LogP contribution >= 0.6 is 0 Å². The number of halogens is 3. The second-order valence-electron chi connectivity index (χ2n) is 3.54. The zero-order chi connectivity index (χ0) is 13.2. The lowest BCUT2D eigenvalue weighted by Crippen LogP contribution is -2.17. The fourth-order valence-corrected chi connectivity index (χ4v) is 1.48. The summed E-state index contributed by atoms with van der Waals surface area (Å²) in [6, 6.07) is 7.61. The molecule has 2 N–H and O–H groups in total. The van der Waals surface area contributed by atoms with Crippen molar-refractivity contribution in [3.8, 4) is 16.9 Å². The monoisotopic (exact) mass is 254 g/mol. The van der Waals surface area contributed by atoms with Crippen LogP contribution in [0.15, 0.2) is 42.7 Å². The molecule has 0 unspecified atom stereocenters. The molecule has 0 saturated heterocycles. The predicted octanol–water partition coefficient (Wildman–Crippen LogP) is 3.23. The zero-order valence-corrected chi connectivity index (χ0v) is 9.11. The molecule has 0 saturated carbocycles. The van der Waals surface area contributed by atoms with Crippen molar-refractivity contribution in [1.82, 2.24) is 4.98 Å². The largest absolute Gasteiger partial charge is 0.573 e. The van der Waals surface area contributed by atoms with Crippen LogP contribution in [0.25, 0.3) is 11.1 Å². The van der Waals surface area contributed by atoms with Crippen molar-refractivity contribution in [2.24, 2.45) is 0 Å². The summed E-state index contributed by atoms with van der Waals surface area (Å²) in [6.07, 6.45) is -1.54. The third kappa shape index (κ3) is 2.91. The molecule has 0 bridgehead atoms. The maximum Gasteiger partial charge on any atom is 0.573 e. The Morgan fingerprint density at radius 3 is 2.44 bits per heavy atom. The summed E-state index contributed by atoms with van der Waals surface area (Å²) in [4.78, 5) is 3.92. The van der Waals surface area contributed by atoms with E-state index in [1.54, 1.807) is 24.5 Å². The van der Waals surface area contributed by atoms with Gasteiger partial charge in [0.15, 0.2) is 5.75 Å². The van der Waals surface area contributed by atoms with Gasteiger partial charge in [-0.2, -0.15) is 0 Å². The topological polar surface area (TPSA) is 48.1 Å². The molecule has 0 amide bonds. The Bertz CT molecular complexity index is 541. The van der Waals surface area contributed by atoms with Crippen LogP contribution in [0.1, 0.15) is 0 Å². The Morgan fingerprint density at radius 1 is 1.11 bits per heavy atom. The lowest BCUT2D eigenvalue weighted by atomic mass is 10.1. The first kappa shape index (κ1) is 12.2. The standard InChI is InChI=1S/C12H9F3N2O/c13-12(14,15)18-11-4-3-8(6-10(11)16)9-2-1-5-17-7-9/h1-7H,16H2. The van der Waals surface area contributed by atoms with Gasteiger partial charge in [0.2, 0.25) is 0 Å². The molecule has 2 aromatic rings. The van der Waals surface area contributed by atoms with E-state index in [4.69, 9.17) is 5.73 Å². The van der Waals surface area contributed by atoms with Gasteiger partial charge in [-0.25, -0.2) is 0 Å². The van der Waals surface area contributed by atoms with Crippen molar-refractivity contribution in [3.05, 3.63) is 42.7 Å². The molecule has 94 valence electrons. The molecule has 0 aliphatic carbocycles. The summed E-state index contributed by atoms with van der Waals surface area (Å²) in [5.41, 5.74) is 6.89. The number of alkyl halides is 3. The van der Waals surface area contributed by atoms with Gasteiger partial charge in [-0.1, -0.05) is 12.1 Å². The van der Waals surface area contributed by atoms with Crippen molar-refractivity contribution < 1.29 is 17.9 Å². The van der Waals surface area contributed by atoms with E-state index in [-0.39, 0.29) is 5.69 Å². The van der Waals surface area contributed by atoms with Gasteiger partial charge >= 0.3 is 6.36 Å². The highest BCUT2D eigenvalue weighted by atomic mass is 19.4. The average molecular weight is 254 g/mol. The third-order valence-electron chi connectivity index (χ3n) is 2.23. The molecule has 18 heavy (non-hydrogen) atoms. The number of hydrogen-bond donors (Lipinski definition) is 1. The van der Waals surface area contributed by atoms with Crippen LogP contribution in [0.3, 0.4) is 0 Å². The molecule has 1 aromatic heterocycles. The molecule has 6 heteroatoms. The van der Waals surface area contributed by atoms with Crippen molar-refractivity contribution in [2.75, 3.05) is 5.73 Å². The number of benzene rings is 1. The highest BCUT2D eigenvalue weighted by Crippen LogP contribution is 2.31. The van der Waals surface area contributed by atoms with Crippen LogP contribution < -0.4 is 10.5 Å². The average Bonchev–Trinajstić information content (AvgIpc) is 2.31. The molecule has 0 fully saturated rings. The van der Waals surface area contributed by atoms with Gasteiger partial charge in [0.1, 0.15) is 0 Å². The number of nitrogens with two attached hydrogens (primary N) is 1. The number of nitrogens with zero attached hydrogens (tertiary/aromatic N) is 1. The molecule has 3 nitrogen and oxygen atoms in total. The van der Waals surface area contributed by atoms with Gasteiger partial charge < -0.3 is 10.5 Å². The van der Waals surface area contributed by atoms with E-state index in [9.17, 15) is 13.2 Å². The van der Waals surface area contributed by atoms with Gasteiger partial charge in [0, 0.05) is 18.0 Å². The molecule has 1 aromatic carbocycles. The predicted molar refractivity (Wildman–Crippen MR) is 60.8 cm³/mol. The molecule has 0 atom stereocenters. The minimum Gasteiger partial charge on any atom is -0.404 e. The Labute approximate surface area is 101 Å². The van der Waals surface area contributed by atoms with E-state index in [1.165, 1.54) is 18.2 Å². The van der Waals surface area contributed by atoms with Gasteiger partial charge in [-0.3, -0.25) is 4.98 Å². The second-order valence-corrected chi connectivity index (χ2v) is 3.54. The second kappa shape index (κ2) is 4.56. The van der Waals surface area contributed by atoms with Gasteiger partial charge in [-0.05, 0) is 23.8 Å². The molecule has 0 aliphatic heterocycles. The van der Waals surface area contributed by atoms with Crippen molar-refractivity contribution in [3.63, 3.8) is 0 Å². The fourth-order valence-electron chi connectivity index (χ4n) is 1.48. The Morgan fingerprint density at radius 2 is 1.89 bits per heavy atom. The number of aromatic nitrogens is 1. The number of nitrogen functional groups attached to an aromatic ring is 1. The van der Waals surface area contributed by atoms with Crippen molar-refractivity contribution in [1.29, 1.82) is 0 Å².